The van der Waals surface area contributed by atoms with Gasteiger partial charge < -0.3 is 14.2 Å². The number of fused-ring (bicyclic) bond motifs is 4. The number of ether oxygens (including phenoxy) is 3. The highest BCUT2D eigenvalue weighted by Gasteiger charge is 2.15. The van der Waals surface area contributed by atoms with Gasteiger partial charge in [-0.05, 0) is 49.6 Å². The van der Waals surface area contributed by atoms with E-state index in [9.17, 15) is 0 Å². The van der Waals surface area contributed by atoms with Crippen molar-refractivity contribution >= 4 is 21.7 Å². The van der Waals surface area contributed by atoms with Gasteiger partial charge in [0.25, 0.3) is 0 Å². The molecule has 4 heteroatoms. The van der Waals surface area contributed by atoms with Gasteiger partial charge in [-0.15, -0.1) is 0 Å². The van der Waals surface area contributed by atoms with Crippen molar-refractivity contribution in [1.29, 1.82) is 0 Å². The largest absolute Gasteiger partial charge is 0.491 e. The van der Waals surface area contributed by atoms with Gasteiger partial charge in [0.2, 0.25) is 6.79 Å². The van der Waals surface area contributed by atoms with E-state index in [4.69, 9.17) is 14.2 Å². The molecule has 0 aliphatic carbocycles. The fourth-order valence-electron chi connectivity index (χ4n) is 2.63. The molecule has 0 spiro atoms. The summed E-state index contributed by atoms with van der Waals surface area (Å²) in [5.41, 5.74) is 0.942. The maximum Gasteiger partial charge on any atom is 0.231 e. The van der Waals surface area contributed by atoms with Crippen molar-refractivity contribution in [3.8, 4) is 17.2 Å². The van der Waals surface area contributed by atoms with Gasteiger partial charge in [0.15, 0.2) is 11.5 Å². The summed E-state index contributed by atoms with van der Waals surface area (Å²) >= 11 is 0. The topological polar surface area (TPSA) is 40.6 Å². The van der Waals surface area contributed by atoms with Gasteiger partial charge >= 0.3 is 0 Å². The van der Waals surface area contributed by atoms with E-state index in [1.54, 1.807) is 0 Å². The first-order valence-electron chi connectivity index (χ1n) is 6.99. The number of aromatic nitrogens is 1. The van der Waals surface area contributed by atoms with Crippen LogP contribution in [0.15, 0.2) is 36.5 Å². The molecule has 0 saturated carbocycles. The highest BCUT2D eigenvalue weighted by Crippen LogP contribution is 2.38. The summed E-state index contributed by atoms with van der Waals surface area (Å²) in [6.07, 6.45) is 2.01. The summed E-state index contributed by atoms with van der Waals surface area (Å²) in [6, 6.07) is 9.96. The summed E-state index contributed by atoms with van der Waals surface area (Å²) in [7, 11) is 0. The van der Waals surface area contributed by atoms with Crippen LogP contribution in [0.25, 0.3) is 21.7 Å². The highest BCUT2D eigenvalue weighted by molar-refractivity contribution is 6.07. The van der Waals surface area contributed by atoms with Gasteiger partial charge in [-0.25, -0.2) is 0 Å². The van der Waals surface area contributed by atoms with Crippen molar-refractivity contribution < 1.29 is 14.2 Å². The normalized spacial score (nSPS) is 13.3. The Morgan fingerprint density at radius 1 is 1.05 bits per heavy atom. The third-order valence-electron chi connectivity index (χ3n) is 3.52. The lowest BCUT2D eigenvalue weighted by Gasteiger charge is -2.11. The minimum absolute atomic E-state index is 0.145. The van der Waals surface area contributed by atoms with Crippen molar-refractivity contribution in [3.63, 3.8) is 0 Å². The van der Waals surface area contributed by atoms with E-state index in [2.05, 4.69) is 4.98 Å². The van der Waals surface area contributed by atoms with E-state index in [0.29, 0.717) is 0 Å². The smallest absolute Gasteiger partial charge is 0.231 e. The Morgan fingerprint density at radius 2 is 1.86 bits per heavy atom. The number of nitrogens with zero attached hydrogens (tertiary/aromatic N) is 1. The SMILES string of the molecule is CC(C)Oc1ccc2ncc3cc4c(cc3c2c1)OCO4. The lowest BCUT2D eigenvalue weighted by atomic mass is 10.1. The Labute approximate surface area is 122 Å². The van der Waals surface area contributed by atoms with Crippen LogP contribution < -0.4 is 14.2 Å². The van der Waals surface area contributed by atoms with Crippen LogP contribution in [0, 0.1) is 0 Å². The van der Waals surface area contributed by atoms with Gasteiger partial charge in [0.1, 0.15) is 5.75 Å². The van der Waals surface area contributed by atoms with Crippen LogP contribution in [0.1, 0.15) is 13.8 Å². The molecule has 4 nitrogen and oxygen atoms in total. The zero-order valence-corrected chi connectivity index (χ0v) is 11.9. The molecule has 2 aromatic carbocycles. The summed E-state index contributed by atoms with van der Waals surface area (Å²) in [5.74, 6) is 2.41. The average molecular weight is 281 g/mol. The zero-order valence-electron chi connectivity index (χ0n) is 11.9. The second-order valence-corrected chi connectivity index (χ2v) is 5.40. The first-order chi connectivity index (χ1) is 10.2. The Bertz CT molecular complexity index is 842. The number of hydrogen-bond donors (Lipinski definition) is 0. The van der Waals surface area contributed by atoms with Crippen LogP contribution >= 0.6 is 0 Å². The molecule has 1 aliphatic heterocycles. The Hall–Kier alpha value is -2.49. The van der Waals surface area contributed by atoms with Crippen molar-refractivity contribution in [3.05, 3.63) is 36.5 Å². The number of pyridine rings is 1. The number of benzene rings is 2. The van der Waals surface area contributed by atoms with Gasteiger partial charge in [-0.2, -0.15) is 0 Å². The first kappa shape index (κ1) is 12.3. The van der Waals surface area contributed by atoms with E-state index in [0.717, 1.165) is 38.9 Å². The molecule has 1 aromatic heterocycles. The predicted octanol–water partition coefficient (Wildman–Crippen LogP) is 3.90. The molecule has 0 fully saturated rings. The fraction of sp³-hybridized carbons (Fsp3) is 0.235. The molecule has 2 heterocycles. The van der Waals surface area contributed by atoms with Crippen molar-refractivity contribution in [1.82, 2.24) is 4.98 Å². The molecule has 106 valence electrons. The van der Waals surface area contributed by atoms with Crippen LogP contribution in [0.5, 0.6) is 17.2 Å². The second kappa shape index (κ2) is 4.52. The van der Waals surface area contributed by atoms with E-state index >= 15 is 0 Å². The molecular weight excluding hydrogens is 266 g/mol. The van der Waals surface area contributed by atoms with Crippen molar-refractivity contribution in [2.24, 2.45) is 0 Å². The number of rotatable bonds is 2. The van der Waals surface area contributed by atoms with Crippen LogP contribution in [0.4, 0.5) is 0 Å². The third-order valence-corrected chi connectivity index (χ3v) is 3.52. The van der Waals surface area contributed by atoms with Crippen LogP contribution in [0.3, 0.4) is 0 Å². The summed E-state index contributed by atoms with van der Waals surface area (Å²) < 4.78 is 16.7. The van der Waals surface area contributed by atoms with E-state index in [-0.39, 0.29) is 12.9 Å². The van der Waals surface area contributed by atoms with E-state index in [1.165, 1.54) is 0 Å². The van der Waals surface area contributed by atoms with E-state index < -0.39 is 0 Å². The van der Waals surface area contributed by atoms with Crippen molar-refractivity contribution in [2.45, 2.75) is 20.0 Å². The first-order valence-corrected chi connectivity index (χ1v) is 6.99. The Kier molecular flexibility index (Phi) is 2.64. The monoisotopic (exact) mass is 281 g/mol. The molecule has 0 radical (unpaired) electrons. The minimum atomic E-state index is 0.145. The molecule has 0 N–H and O–H groups in total. The molecular formula is C17H15NO3. The quantitative estimate of drug-likeness (QED) is 0.668. The molecule has 0 saturated heterocycles. The summed E-state index contributed by atoms with van der Waals surface area (Å²) in [4.78, 5) is 4.50. The van der Waals surface area contributed by atoms with Crippen LogP contribution in [-0.4, -0.2) is 17.9 Å². The maximum atomic E-state index is 5.78. The Morgan fingerprint density at radius 3 is 2.67 bits per heavy atom. The molecule has 0 atom stereocenters. The predicted molar refractivity (Wildman–Crippen MR) is 81.1 cm³/mol. The van der Waals surface area contributed by atoms with Gasteiger partial charge in [0.05, 0.1) is 11.6 Å². The molecule has 1 aliphatic rings. The second-order valence-electron chi connectivity index (χ2n) is 5.40. The van der Waals surface area contributed by atoms with Gasteiger partial charge in [-0.1, -0.05) is 0 Å². The summed E-state index contributed by atoms with van der Waals surface area (Å²) in [6.45, 7) is 4.31. The lowest BCUT2D eigenvalue weighted by Crippen LogP contribution is -2.05. The molecule has 21 heavy (non-hydrogen) atoms. The molecule has 4 rings (SSSR count). The zero-order chi connectivity index (χ0) is 14.4. The van der Waals surface area contributed by atoms with Crippen LogP contribution in [-0.2, 0) is 0 Å². The van der Waals surface area contributed by atoms with Gasteiger partial charge in [0, 0.05) is 17.0 Å². The van der Waals surface area contributed by atoms with Crippen LogP contribution in [0.2, 0.25) is 0 Å². The Balaban J connectivity index is 1.97. The van der Waals surface area contributed by atoms with E-state index in [1.807, 2.05) is 50.4 Å². The molecule has 0 amide bonds. The summed E-state index contributed by atoms with van der Waals surface area (Å²) in [5, 5.41) is 3.19. The highest BCUT2D eigenvalue weighted by atomic mass is 16.7. The van der Waals surface area contributed by atoms with Gasteiger partial charge in [-0.3, -0.25) is 4.98 Å². The number of hydrogen-bond acceptors (Lipinski definition) is 4. The minimum Gasteiger partial charge on any atom is -0.491 e. The fourth-order valence-corrected chi connectivity index (χ4v) is 2.63. The van der Waals surface area contributed by atoms with Crippen molar-refractivity contribution in [2.75, 3.05) is 6.79 Å². The average Bonchev–Trinajstić information content (AvgIpc) is 2.91. The molecule has 3 aromatic rings. The third kappa shape index (κ3) is 2.03. The maximum absolute atomic E-state index is 5.78. The standard InChI is InChI=1S/C17H15NO3/c1-10(2)21-12-3-4-15-14(6-12)13-7-17-16(19-9-20-17)5-11(13)8-18-15/h3-8,10H,9H2,1-2H3. The molecule has 0 unspecified atom stereocenters. The lowest BCUT2D eigenvalue weighted by molar-refractivity contribution is 0.174. The molecule has 0 bridgehead atoms.